The molecule has 0 unspecified atom stereocenters. The topological polar surface area (TPSA) is 0 Å². The van der Waals surface area contributed by atoms with Crippen molar-refractivity contribution in [2.45, 2.75) is 77.0 Å². The number of benzene rings is 6. The third kappa shape index (κ3) is 4.88. The molecule has 0 atom stereocenters. The standard InChI is InChI=1S/C27H20.C17H16.2C2H6/c1-3-7-25-23(5-1)24-6-2-4-8-26(24)27(25)21-15-11-19(12-16-21)9-10-20-13-17-22(27)18-14-20;1-3-9-15-13(7-1)14-8-2-4-10-16(14)17(15)11-5-6-12-17;2*1-2/h1-8,11-18H,9-10H2;1-4,7-10H,5-6,11-12H2;2*1-2H3. The number of hydrogen-bond acceptors (Lipinski definition) is 0. The van der Waals surface area contributed by atoms with E-state index in [0.29, 0.717) is 5.41 Å². The Balaban J connectivity index is 0.000000149. The van der Waals surface area contributed by atoms with Crippen molar-refractivity contribution in [2.75, 3.05) is 0 Å². The zero-order chi connectivity index (χ0) is 33.1. The summed E-state index contributed by atoms with van der Waals surface area (Å²) in [6.07, 6.45) is 7.62. The minimum Gasteiger partial charge on any atom is -0.0683 e. The van der Waals surface area contributed by atoms with Crippen molar-refractivity contribution in [3.8, 4) is 22.3 Å². The lowest BCUT2D eigenvalue weighted by Crippen LogP contribution is -2.28. The van der Waals surface area contributed by atoms with Crippen LogP contribution in [0.15, 0.2) is 146 Å². The molecule has 0 radical (unpaired) electrons. The Labute approximate surface area is 288 Å². The van der Waals surface area contributed by atoms with Crippen LogP contribution < -0.4 is 0 Å². The van der Waals surface area contributed by atoms with Crippen molar-refractivity contribution in [3.63, 3.8) is 0 Å². The van der Waals surface area contributed by atoms with Gasteiger partial charge < -0.3 is 0 Å². The number of fused-ring (bicyclic) bond motifs is 8. The summed E-state index contributed by atoms with van der Waals surface area (Å²) < 4.78 is 0. The second-order valence-corrected chi connectivity index (χ2v) is 13.1. The molecule has 0 aromatic heterocycles. The van der Waals surface area contributed by atoms with Crippen LogP contribution in [0.25, 0.3) is 22.3 Å². The maximum Gasteiger partial charge on any atom is 0.0713 e. The van der Waals surface area contributed by atoms with E-state index in [0.717, 1.165) is 12.8 Å². The Morgan fingerprint density at radius 1 is 0.354 bits per heavy atom. The van der Waals surface area contributed by atoms with E-state index < -0.39 is 0 Å². The molecule has 0 heteroatoms. The summed E-state index contributed by atoms with van der Waals surface area (Å²) in [5.41, 5.74) is 17.3. The minimum atomic E-state index is -0.241. The molecule has 6 aromatic carbocycles. The first-order chi connectivity index (χ1) is 23.8. The van der Waals surface area contributed by atoms with Gasteiger partial charge in [-0.05, 0) is 92.4 Å². The SMILES string of the molecule is CC.CC.c1ccc2c(c1)-c1ccccc1C21CCCC1.c1ccc2c(c1)-c1ccccc1C21c2ccc(cc2)CCc2ccc1cc2. The van der Waals surface area contributed by atoms with E-state index in [9.17, 15) is 0 Å². The molecule has 4 bridgehead atoms. The highest BCUT2D eigenvalue weighted by Crippen LogP contribution is 2.57. The third-order valence-corrected chi connectivity index (χ3v) is 11.1. The van der Waals surface area contributed by atoms with E-state index in [1.807, 2.05) is 27.7 Å². The van der Waals surface area contributed by atoms with Gasteiger partial charge in [0.1, 0.15) is 0 Å². The van der Waals surface area contributed by atoms with E-state index in [-0.39, 0.29) is 5.41 Å². The van der Waals surface area contributed by atoms with Gasteiger partial charge in [-0.25, -0.2) is 0 Å². The molecule has 0 nitrogen and oxygen atoms in total. The van der Waals surface area contributed by atoms with Gasteiger partial charge in [0.15, 0.2) is 0 Å². The Bertz CT molecular complexity index is 1860. The van der Waals surface area contributed by atoms with Gasteiger partial charge in [-0.2, -0.15) is 0 Å². The summed E-state index contributed by atoms with van der Waals surface area (Å²) in [5, 5.41) is 0. The molecule has 2 spiro atoms. The van der Waals surface area contributed by atoms with Crippen molar-refractivity contribution >= 4 is 0 Å². The molecule has 13 rings (SSSR count). The van der Waals surface area contributed by atoms with E-state index in [4.69, 9.17) is 0 Å². The molecule has 240 valence electrons. The first kappa shape index (κ1) is 31.9. The summed E-state index contributed by atoms with van der Waals surface area (Å²) in [6.45, 7) is 8.00. The van der Waals surface area contributed by atoms with Crippen molar-refractivity contribution in [2.24, 2.45) is 0 Å². The molecule has 0 saturated heterocycles. The first-order valence-electron chi connectivity index (χ1n) is 18.4. The third-order valence-electron chi connectivity index (χ3n) is 11.1. The van der Waals surface area contributed by atoms with Gasteiger partial charge in [-0.1, -0.05) is 186 Å². The van der Waals surface area contributed by atoms with E-state index in [1.54, 1.807) is 11.1 Å². The fourth-order valence-corrected chi connectivity index (χ4v) is 9.09. The normalized spacial score (nSPS) is 15.8. The summed E-state index contributed by atoms with van der Waals surface area (Å²) in [7, 11) is 0. The van der Waals surface area contributed by atoms with Gasteiger partial charge in [0.05, 0.1) is 5.41 Å². The molecule has 0 aliphatic heterocycles. The van der Waals surface area contributed by atoms with E-state index in [1.165, 1.54) is 81.3 Å². The summed E-state index contributed by atoms with van der Waals surface area (Å²) in [4.78, 5) is 0. The summed E-state index contributed by atoms with van der Waals surface area (Å²) >= 11 is 0. The zero-order valence-corrected chi connectivity index (χ0v) is 29.1. The zero-order valence-electron chi connectivity index (χ0n) is 29.1. The fourth-order valence-electron chi connectivity index (χ4n) is 9.09. The van der Waals surface area contributed by atoms with Crippen LogP contribution in [-0.2, 0) is 23.7 Å². The van der Waals surface area contributed by atoms with Crippen LogP contribution in [0.3, 0.4) is 0 Å². The lowest BCUT2D eigenvalue weighted by molar-refractivity contribution is 0.550. The molecule has 1 fully saturated rings. The maximum absolute atomic E-state index is 2.35. The number of rotatable bonds is 0. The van der Waals surface area contributed by atoms with Crippen molar-refractivity contribution in [3.05, 3.63) is 190 Å². The predicted octanol–water partition coefficient (Wildman–Crippen LogP) is 12.7. The van der Waals surface area contributed by atoms with Crippen LogP contribution in [0.1, 0.15) is 97.9 Å². The largest absolute Gasteiger partial charge is 0.0713 e. The monoisotopic (exact) mass is 624 g/mol. The second-order valence-electron chi connectivity index (χ2n) is 13.1. The highest BCUT2D eigenvalue weighted by atomic mass is 14.5. The first-order valence-corrected chi connectivity index (χ1v) is 18.4. The fraction of sp³-hybridized carbons (Fsp3) is 0.250. The van der Waals surface area contributed by atoms with Gasteiger partial charge in [-0.3, -0.25) is 0 Å². The lowest BCUT2D eigenvalue weighted by Gasteiger charge is -2.33. The van der Waals surface area contributed by atoms with Crippen molar-refractivity contribution in [1.29, 1.82) is 0 Å². The molecule has 7 aliphatic rings. The predicted molar refractivity (Wildman–Crippen MR) is 205 cm³/mol. The Morgan fingerprint density at radius 2 is 0.667 bits per heavy atom. The summed E-state index contributed by atoms with van der Waals surface area (Å²) in [6, 6.07) is 54.6. The Kier molecular flexibility index (Phi) is 8.93. The molecular weight excluding hydrogens is 577 g/mol. The van der Waals surface area contributed by atoms with Crippen molar-refractivity contribution < 1.29 is 0 Å². The van der Waals surface area contributed by atoms with Crippen molar-refractivity contribution in [1.82, 2.24) is 0 Å². The van der Waals surface area contributed by atoms with Gasteiger partial charge in [-0.15, -0.1) is 0 Å². The van der Waals surface area contributed by atoms with Gasteiger partial charge >= 0.3 is 0 Å². The molecule has 48 heavy (non-hydrogen) atoms. The summed E-state index contributed by atoms with van der Waals surface area (Å²) in [5.74, 6) is 0. The number of hydrogen-bond donors (Lipinski definition) is 0. The van der Waals surface area contributed by atoms with E-state index >= 15 is 0 Å². The molecule has 0 amide bonds. The average molecular weight is 625 g/mol. The van der Waals surface area contributed by atoms with Crippen LogP contribution in [0.2, 0.25) is 0 Å². The molecule has 1 saturated carbocycles. The molecule has 7 aliphatic carbocycles. The molecular formula is C48H48. The Morgan fingerprint density at radius 3 is 1.04 bits per heavy atom. The van der Waals surface area contributed by atoms with Crippen LogP contribution >= 0.6 is 0 Å². The molecule has 0 N–H and O–H groups in total. The van der Waals surface area contributed by atoms with Crippen LogP contribution in [-0.4, -0.2) is 0 Å². The minimum absolute atomic E-state index is 0.241. The highest BCUT2D eigenvalue weighted by molar-refractivity contribution is 5.86. The average Bonchev–Trinajstić information content (AvgIpc) is 3.85. The lowest BCUT2D eigenvalue weighted by atomic mass is 9.67. The second kappa shape index (κ2) is 13.4. The van der Waals surface area contributed by atoms with Gasteiger partial charge in [0.2, 0.25) is 0 Å². The molecule has 0 heterocycles. The maximum atomic E-state index is 2.35. The van der Waals surface area contributed by atoms with Gasteiger partial charge in [0, 0.05) is 5.41 Å². The van der Waals surface area contributed by atoms with Crippen LogP contribution in [0.4, 0.5) is 0 Å². The van der Waals surface area contributed by atoms with Crippen LogP contribution in [0.5, 0.6) is 0 Å². The van der Waals surface area contributed by atoms with E-state index in [2.05, 4.69) is 146 Å². The smallest absolute Gasteiger partial charge is 0.0683 e. The molecule has 6 aromatic rings. The van der Waals surface area contributed by atoms with Gasteiger partial charge in [0.25, 0.3) is 0 Å². The number of aryl methyl sites for hydroxylation is 2. The quantitative estimate of drug-likeness (QED) is 0.157. The van der Waals surface area contributed by atoms with Crippen LogP contribution in [0, 0.1) is 0 Å². The highest BCUT2D eigenvalue weighted by Gasteiger charge is 2.46. The Hall–Kier alpha value is -4.68.